The van der Waals surface area contributed by atoms with E-state index in [1.807, 2.05) is 54.6 Å². The first kappa shape index (κ1) is 17.8. The van der Waals surface area contributed by atoms with Crippen LogP contribution in [0.5, 0.6) is 0 Å². The van der Waals surface area contributed by atoms with Crippen LogP contribution in [0, 0.1) is 17.8 Å². The van der Waals surface area contributed by atoms with Crippen molar-refractivity contribution in [2.24, 2.45) is 17.8 Å². The minimum absolute atomic E-state index is 0.233. The number of esters is 1. The van der Waals surface area contributed by atoms with E-state index in [2.05, 4.69) is 5.32 Å². The van der Waals surface area contributed by atoms with E-state index >= 15 is 0 Å². The third-order valence-corrected chi connectivity index (χ3v) is 5.96. The zero-order valence-corrected chi connectivity index (χ0v) is 15.4. The molecule has 1 N–H and O–H groups in total. The maximum atomic E-state index is 12.3. The van der Waals surface area contributed by atoms with Crippen molar-refractivity contribution in [3.8, 4) is 11.1 Å². The number of carbonyl (C=O) groups excluding carboxylic acids is 2. The summed E-state index contributed by atoms with van der Waals surface area (Å²) in [6.07, 6.45) is 5.44. The molecule has 2 saturated carbocycles. The molecule has 0 unspecified atom stereocenters. The van der Waals surface area contributed by atoms with Gasteiger partial charge in [-0.05, 0) is 48.6 Å². The van der Waals surface area contributed by atoms with Gasteiger partial charge in [0.2, 0.25) is 0 Å². The van der Waals surface area contributed by atoms with Crippen LogP contribution in [-0.4, -0.2) is 18.5 Å². The van der Waals surface area contributed by atoms with Gasteiger partial charge in [-0.2, -0.15) is 0 Å². The lowest BCUT2D eigenvalue weighted by atomic mass is 9.86. The van der Waals surface area contributed by atoms with Crippen LogP contribution in [-0.2, 0) is 14.3 Å². The molecule has 27 heavy (non-hydrogen) atoms. The fourth-order valence-corrected chi connectivity index (χ4v) is 4.69. The lowest BCUT2D eigenvalue weighted by molar-refractivity contribution is -0.148. The first-order chi connectivity index (χ1) is 13.2. The predicted molar refractivity (Wildman–Crippen MR) is 105 cm³/mol. The molecule has 0 radical (unpaired) electrons. The molecular formula is C23H25NO3. The number of hydrogen-bond acceptors (Lipinski definition) is 3. The summed E-state index contributed by atoms with van der Waals surface area (Å²) in [4.78, 5) is 24.4. The summed E-state index contributed by atoms with van der Waals surface area (Å²) in [5, 5.41) is 2.87. The number of hydrogen-bond donors (Lipinski definition) is 1. The van der Waals surface area contributed by atoms with Crippen LogP contribution in [0.1, 0.15) is 32.1 Å². The van der Waals surface area contributed by atoms with Crippen molar-refractivity contribution in [3.63, 3.8) is 0 Å². The minimum Gasteiger partial charge on any atom is -0.456 e. The monoisotopic (exact) mass is 363 g/mol. The largest absolute Gasteiger partial charge is 0.456 e. The number of fused-ring (bicyclic) bond motifs is 2. The van der Waals surface area contributed by atoms with Gasteiger partial charge in [0.25, 0.3) is 5.91 Å². The maximum Gasteiger partial charge on any atom is 0.306 e. The van der Waals surface area contributed by atoms with E-state index in [0.29, 0.717) is 18.3 Å². The van der Waals surface area contributed by atoms with Gasteiger partial charge in [0.05, 0.1) is 0 Å². The lowest BCUT2D eigenvalue weighted by Gasteiger charge is -2.20. The van der Waals surface area contributed by atoms with Crippen molar-refractivity contribution >= 4 is 17.6 Å². The summed E-state index contributed by atoms with van der Waals surface area (Å²) in [6.45, 7) is -0.233. The second-order valence-electron chi connectivity index (χ2n) is 7.76. The normalized spacial score (nSPS) is 23.2. The van der Waals surface area contributed by atoms with Crippen molar-refractivity contribution in [2.75, 3.05) is 11.9 Å². The van der Waals surface area contributed by atoms with Gasteiger partial charge in [0.15, 0.2) is 6.61 Å². The Bertz CT molecular complexity index is 817. The van der Waals surface area contributed by atoms with E-state index in [-0.39, 0.29) is 18.5 Å². The van der Waals surface area contributed by atoms with Crippen molar-refractivity contribution in [3.05, 3.63) is 54.6 Å². The van der Waals surface area contributed by atoms with Crippen molar-refractivity contribution in [1.29, 1.82) is 0 Å². The number of carbonyl (C=O) groups is 2. The number of anilines is 1. The summed E-state index contributed by atoms with van der Waals surface area (Å²) in [6, 6.07) is 17.5. The van der Waals surface area contributed by atoms with Crippen molar-refractivity contribution in [2.45, 2.75) is 32.1 Å². The number of benzene rings is 2. The molecule has 1 amide bonds. The highest BCUT2D eigenvalue weighted by atomic mass is 16.5. The molecule has 0 aliphatic heterocycles. The first-order valence-electron chi connectivity index (χ1n) is 9.79. The molecule has 4 heteroatoms. The standard InChI is InChI=1S/C23H25NO3/c25-22(15-27-23(26)14-19-13-16-10-11-18(19)12-16)24-21-9-5-4-8-20(21)17-6-2-1-3-7-17/h1-9,16,18-19H,10-15H2,(H,24,25)/t16-,18-,19+/m1/s1. The molecule has 3 atom stereocenters. The average molecular weight is 363 g/mol. The van der Waals surface area contributed by atoms with Crippen LogP contribution < -0.4 is 5.32 Å². The molecule has 140 valence electrons. The maximum absolute atomic E-state index is 12.3. The van der Waals surface area contributed by atoms with E-state index in [1.54, 1.807) is 0 Å². The summed E-state index contributed by atoms with van der Waals surface area (Å²) in [7, 11) is 0. The molecule has 4 rings (SSSR count). The highest BCUT2D eigenvalue weighted by molar-refractivity contribution is 5.96. The Hall–Kier alpha value is -2.62. The van der Waals surface area contributed by atoms with Gasteiger partial charge < -0.3 is 10.1 Å². The summed E-state index contributed by atoms with van der Waals surface area (Å²) in [5.74, 6) is 1.40. The van der Waals surface area contributed by atoms with Crippen LogP contribution in [0.15, 0.2) is 54.6 Å². The number of ether oxygens (including phenoxy) is 1. The van der Waals surface area contributed by atoms with Crippen LogP contribution in [0.3, 0.4) is 0 Å². The topological polar surface area (TPSA) is 55.4 Å². The Morgan fingerprint density at radius 1 is 0.963 bits per heavy atom. The van der Waals surface area contributed by atoms with Crippen LogP contribution >= 0.6 is 0 Å². The lowest BCUT2D eigenvalue weighted by Crippen LogP contribution is -2.23. The third-order valence-electron chi connectivity index (χ3n) is 5.96. The van der Waals surface area contributed by atoms with Crippen molar-refractivity contribution in [1.82, 2.24) is 0 Å². The fraction of sp³-hybridized carbons (Fsp3) is 0.391. The summed E-state index contributed by atoms with van der Waals surface area (Å²) in [5.41, 5.74) is 2.69. The zero-order valence-electron chi connectivity index (χ0n) is 15.4. The van der Waals surface area contributed by atoms with E-state index in [1.165, 1.54) is 19.3 Å². The fourth-order valence-electron chi connectivity index (χ4n) is 4.69. The molecule has 2 aromatic carbocycles. The Morgan fingerprint density at radius 2 is 1.74 bits per heavy atom. The number of nitrogens with one attached hydrogen (secondary N) is 1. The average Bonchev–Trinajstić information content (AvgIpc) is 3.31. The van der Waals surface area contributed by atoms with E-state index in [9.17, 15) is 9.59 Å². The van der Waals surface area contributed by atoms with E-state index < -0.39 is 0 Å². The Kier molecular flexibility index (Phi) is 5.23. The molecule has 0 saturated heterocycles. The molecule has 2 bridgehead atoms. The smallest absolute Gasteiger partial charge is 0.306 e. The van der Waals surface area contributed by atoms with Gasteiger partial charge >= 0.3 is 5.97 Å². The van der Waals surface area contributed by atoms with Gasteiger partial charge in [-0.15, -0.1) is 0 Å². The molecule has 0 aromatic heterocycles. The van der Waals surface area contributed by atoms with Crippen molar-refractivity contribution < 1.29 is 14.3 Å². The number of para-hydroxylation sites is 1. The Labute approximate surface area is 159 Å². The van der Waals surface area contributed by atoms with Gasteiger partial charge in [-0.25, -0.2) is 0 Å². The summed E-state index contributed by atoms with van der Waals surface area (Å²) >= 11 is 0. The summed E-state index contributed by atoms with van der Waals surface area (Å²) < 4.78 is 5.24. The van der Waals surface area contributed by atoms with Gasteiger partial charge in [0.1, 0.15) is 0 Å². The molecule has 2 aliphatic carbocycles. The number of rotatable bonds is 6. The van der Waals surface area contributed by atoms with Gasteiger partial charge in [0, 0.05) is 17.7 Å². The quantitative estimate of drug-likeness (QED) is 0.759. The highest BCUT2D eigenvalue weighted by Crippen LogP contribution is 2.49. The molecule has 2 fully saturated rings. The van der Waals surface area contributed by atoms with Crippen LogP contribution in [0.4, 0.5) is 5.69 Å². The second-order valence-corrected chi connectivity index (χ2v) is 7.76. The van der Waals surface area contributed by atoms with Crippen LogP contribution in [0.2, 0.25) is 0 Å². The molecule has 2 aromatic rings. The Morgan fingerprint density at radius 3 is 2.48 bits per heavy atom. The van der Waals surface area contributed by atoms with Gasteiger partial charge in [-0.3, -0.25) is 9.59 Å². The highest BCUT2D eigenvalue weighted by Gasteiger charge is 2.40. The minimum atomic E-state index is -0.306. The third kappa shape index (κ3) is 4.21. The van der Waals surface area contributed by atoms with Gasteiger partial charge in [-0.1, -0.05) is 55.0 Å². The zero-order chi connectivity index (χ0) is 18.6. The molecule has 2 aliphatic rings. The SMILES string of the molecule is O=C(COC(=O)C[C@@H]1C[C@@H]2CC[C@@H]1C2)Nc1ccccc1-c1ccccc1. The molecular weight excluding hydrogens is 338 g/mol. The van der Waals surface area contributed by atoms with E-state index in [4.69, 9.17) is 4.74 Å². The first-order valence-corrected chi connectivity index (χ1v) is 9.79. The predicted octanol–water partition coefficient (Wildman–Crippen LogP) is 4.66. The Balaban J connectivity index is 1.30. The number of amides is 1. The molecule has 0 heterocycles. The second kappa shape index (κ2) is 7.95. The molecule has 0 spiro atoms. The molecule has 4 nitrogen and oxygen atoms in total. The van der Waals surface area contributed by atoms with E-state index in [0.717, 1.165) is 29.2 Å². The van der Waals surface area contributed by atoms with Crippen LogP contribution in [0.25, 0.3) is 11.1 Å².